The molecular weight excluding hydrogens is 350 g/mol. The Labute approximate surface area is 156 Å². The Morgan fingerprint density at radius 1 is 1.11 bits per heavy atom. The molecule has 0 atom stereocenters. The molecule has 2 N–H and O–H groups in total. The lowest BCUT2D eigenvalue weighted by Crippen LogP contribution is -2.32. The highest BCUT2D eigenvalue weighted by atomic mass is 16.6. The Bertz CT molecular complexity index is 841. The van der Waals surface area contributed by atoms with E-state index in [1.807, 2.05) is 0 Å². The summed E-state index contributed by atoms with van der Waals surface area (Å²) in [5.74, 6) is -0.387. The molecule has 2 aromatic rings. The Hall–Kier alpha value is -3.42. The fourth-order valence-electron chi connectivity index (χ4n) is 2.16. The number of non-ortho nitro benzene ring substituents is 1. The predicted octanol–water partition coefficient (Wildman–Crippen LogP) is 3.87. The molecule has 0 saturated heterocycles. The maximum Gasteiger partial charge on any atom is 0.407 e. The summed E-state index contributed by atoms with van der Waals surface area (Å²) in [7, 11) is 0. The van der Waals surface area contributed by atoms with Gasteiger partial charge in [0.05, 0.1) is 4.92 Å². The molecule has 0 heterocycles. The lowest BCUT2D eigenvalue weighted by atomic mass is 10.1. The molecule has 2 amide bonds. The average molecular weight is 371 g/mol. The SMILES string of the molecule is CC(C)(C)OC(=O)NCc1ccc(C(=O)Nc2cccc([N+](=O)[O-])c2)cc1. The molecule has 27 heavy (non-hydrogen) atoms. The Morgan fingerprint density at radius 2 is 1.78 bits per heavy atom. The van der Waals surface area contributed by atoms with Gasteiger partial charge in [-0.1, -0.05) is 18.2 Å². The monoisotopic (exact) mass is 371 g/mol. The zero-order chi connectivity index (χ0) is 20.0. The maximum atomic E-state index is 12.3. The molecule has 142 valence electrons. The molecule has 0 bridgehead atoms. The number of alkyl carbamates (subject to hydrolysis) is 1. The number of hydrogen-bond acceptors (Lipinski definition) is 5. The third-order valence-electron chi connectivity index (χ3n) is 3.37. The summed E-state index contributed by atoms with van der Waals surface area (Å²) in [4.78, 5) is 34.2. The van der Waals surface area contributed by atoms with Crippen molar-refractivity contribution in [2.45, 2.75) is 32.9 Å². The minimum absolute atomic E-state index is 0.101. The minimum atomic E-state index is -0.571. The molecule has 0 saturated carbocycles. The zero-order valence-corrected chi connectivity index (χ0v) is 15.3. The Balaban J connectivity index is 1.94. The first-order valence-electron chi connectivity index (χ1n) is 8.26. The van der Waals surface area contributed by atoms with Crippen LogP contribution in [-0.4, -0.2) is 22.5 Å². The van der Waals surface area contributed by atoms with E-state index in [1.165, 1.54) is 18.2 Å². The second-order valence-corrected chi connectivity index (χ2v) is 6.81. The number of benzene rings is 2. The topological polar surface area (TPSA) is 111 Å². The highest BCUT2D eigenvalue weighted by Crippen LogP contribution is 2.18. The molecule has 0 aliphatic heterocycles. The van der Waals surface area contributed by atoms with Crippen molar-refractivity contribution in [3.63, 3.8) is 0 Å². The van der Waals surface area contributed by atoms with Crippen molar-refractivity contribution in [3.8, 4) is 0 Å². The first-order chi connectivity index (χ1) is 12.6. The average Bonchev–Trinajstić information content (AvgIpc) is 2.59. The lowest BCUT2D eigenvalue weighted by Gasteiger charge is -2.19. The summed E-state index contributed by atoms with van der Waals surface area (Å²) in [6, 6.07) is 12.3. The summed E-state index contributed by atoms with van der Waals surface area (Å²) < 4.78 is 5.15. The fourth-order valence-corrected chi connectivity index (χ4v) is 2.16. The highest BCUT2D eigenvalue weighted by molar-refractivity contribution is 6.04. The molecule has 8 heteroatoms. The van der Waals surface area contributed by atoms with Gasteiger partial charge in [-0.05, 0) is 44.5 Å². The van der Waals surface area contributed by atoms with Gasteiger partial charge in [0, 0.05) is 29.9 Å². The third kappa shape index (κ3) is 6.43. The molecule has 2 aromatic carbocycles. The first kappa shape index (κ1) is 19.9. The van der Waals surface area contributed by atoms with Crippen LogP contribution in [0, 0.1) is 10.1 Å². The van der Waals surface area contributed by atoms with E-state index >= 15 is 0 Å². The van der Waals surface area contributed by atoms with Crippen molar-refractivity contribution < 1.29 is 19.2 Å². The van der Waals surface area contributed by atoms with Gasteiger partial charge < -0.3 is 15.4 Å². The van der Waals surface area contributed by atoms with E-state index in [0.29, 0.717) is 11.3 Å². The van der Waals surface area contributed by atoms with Crippen LogP contribution in [0.5, 0.6) is 0 Å². The number of anilines is 1. The van der Waals surface area contributed by atoms with Crippen LogP contribution in [0.3, 0.4) is 0 Å². The second-order valence-electron chi connectivity index (χ2n) is 6.81. The van der Waals surface area contributed by atoms with Crippen LogP contribution >= 0.6 is 0 Å². The number of carbonyl (C=O) groups is 2. The number of ether oxygens (including phenoxy) is 1. The van der Waals surface area contributed by atoms with Gasteiger partial charge in [-0.25, -0.2) is 4.79 Å². The van der Waals surface area contributed by atoms with Gasteiger partial charge in [0.2, 0.25) is 0 Å². The molecular formula is C19H21N3O5. The van der Waals surface area contributed by atoms with Gasteiger partial charge in [-0.3, -0.25) is 14.9 Å². The smallest absolute Gasteiger partial charge is 0.407 e. The fraction of sp³-hybridized carbons (Fsp3) is 0.263. The van der Waals surface area contributed by atoms with Crippen LogP contribution in [0.1, 0.15) is 36.7 Å². The first-order valence-corrected chi connectivity index (χ1v) is 8.26. The van der Waals surface area contributed by atoms with Crippen LogP contribution in [0.4, 0.5) is 16.2 Å². The molecule has 0 radical (unpaired) electrons. The van der Waals surface area contributed by atoms with E-state index in [4.69, 9.17) is 4.74 Å². The lowest BCUT2D eigenvalue weighted by molar-refractivity contribution is -0.384. The summed E-state index contributed by atoms with van der Waals surface area (Å²) >= 11 is 0. The van der Waals surface area contributed by atoms with Crippen molar-refractivity contribution in [1.29, 1.82) is 0 Å². The minimum Gasteiger partial charge on any atom is -0.444 e. The zero-order valence-electron chi connectivity index (χ0n) is 15.3. The van der Waals surface area contributed by atoms with Crippen molar-refractivity contribution >= 4 is 23.4 Å². The van der Waals surface area contributed by atoms with E-state index in [0.717, 1.165) is 5.56 Å². The van der Waals surface area contributed by atoms with E-state index in [9.17, 15) is 19.7 Å². The number of rotatable bonds is 5. The van der Waals surface area contributed by atoms with Crippen molar-refractivity contribution in [2.24, 2.45) is 0 Å². The van der Waals surface area contributed by atoms with Gasteiger partial charge in [0.15, 0.2) is 0 Å². The second kappa shape index (κ2) is 8.31. The summed E-state index contributed by atoms with van der Waals surface area (Å²) in [5.41, 5.74) is 0.856. The van der Waals surface area contributed by atoms with Gasteiger partial charge in [0.1, 0.15) is 5.60 Å². The number of hydrogen-bond donors (Lipinski definition) is 2. The van der Waals surface area contributed by atoms with Gasteiger partial charge in [0.25, 0.3) is 11.6 Å². The highest BCUT2D eigenvalue weighted by Gasteiger charge is 2.15. The molecule has 0 spiro atoms. The number of amides is 2. The van der Waals surface area contributed by atoms with Crippen molar-refractivity contribution in [1.82, 2.24) is 5.32 Å². The normalized spacial score (nSPS) is 10.8. The summed E-state index contributed by atoms with van der Waals surface area (Å²) in [5, 5.41) is 16.0. The van der Waals surface area contributed by atoms with E-state index < -0.39 is 16.6 Å². The van der Waals surface area contributed by atoms with Crippen molar-refractivity contribution in [3.05, 3.63) is 69.8 Å². The molecule has 8 nitrogen and oxygen atoms in total. The van der Waals surface area contributed by atoms with Crippen LogP contribution < -0.4 is 10.6 Å². The molecule has 0 aliphatic rings. The number of carbonyl (C=O) groups excluding carboxylic acids is 2. The number of nitrogens with zero attached hydrogens (tertiary/aromatic N) is 1. The summed E-state index contributed by atoms with van der Waals surface area (Å²) in [6.07, 6.45) is -0.519. The Morgan fingerprint density at radius 3 is 2.37 bits per heavy atom. The van der Waals surface area contributed by atoms with E-state index in [-0.39, 0.29) is 18.1 Å². The number of nitro groups is 1. The molecule has 2 rings (SSSR count). The van der Waals surface area contributed by atoms with Gasteiger partial charge in [-0.15, -0.1) is 0 Å². The molecule has 0 unspecified atom stereocenters. The van der Waals surface area contributed by atoms with Gasteiger partial charge >= 0.3 is 6.09 Å². The molecule has 0 fully saturated rings. The third-order valence-corrected chi connectivity index (χ3v) is 3.37. The number of nitro benzene ring substituents is 1. The Kier molecular flexibility index (Phi) is 6.12. The molecule has 0 aromatic heterocycles. The maximum absolute atomic E-state index is 12.3. The van der Waals surface area contributed by atoms with Crippen molar-refractivity contribution in [2.75, 3.05) is 5.32 Å². The largest absolute Gasteiger partial charge is 0.444 e. The quantitative estimate of drug-likeness (QED) is 0.612. The van der Waals surface area contributed by atoms with Crippen LogP contribution in [-0.2, 0) is 11.3 Å². The summed E-state index contributed by atoms with van der Waals surface area (Å²) in [6.45, 7) is 5.60. The standard InChI is InChI=1S/C19H21N3O5/c1-19(2,3)27-18(24)20-12-13-7-9-14(10-8-13)17(23)21-15-5-4-6-16(11-15)22(25)26/h4-11H,12H2,1-3H3,(H,20,24)(H,21,23). The predicted molar refractivity (Wildman–Crippen MR) is 101 cm³/mol. The van der Waals surface area contributed by atoms with E-state index in [1.54, 1.807) is 51.1 Å². The van der Waals surface area contributed by atoms with Crippen LogP contribution in [0.25, 0.3) is 0 Å². The van der Waals surface area contributed by atoms with Crippen LogP contribution in [0.2, 0.25) is 0 Å². The molecule has 0 aliphatic carbocycles. The van der Waals surface area contributed by atoms with Gasteiger partial charge in [-0.2, -0.15) is 0 Å². The number of nitrogens with one attached hydrogen (secondary N) is 2. The van der Waals surface area contributed by atoms with E-state index in [2.05, 4.69) is 10.6 Å². The van der Waals surface area contributed by atoms with Crippen LogP contribution in [0.15, 0.2) is 48.5 Å².